The molecule has 0 saturated carbocycles. The summed E-state index contributed by atoms with van der Waals surface area (Å²) in [6, 6.07) is 1.89. The second-order valence-corrected chi connectivity index (χ2v) is 6.74. The predicted molar refractivity (Wildman–Crippen MR) is 90.1 cm³/mol. The van der Waals surface area contributed by atoms with Crippen LogP contribution in [0.25, 0.3) is 0 Å². The molecular formula is C17H23NO5S. The van der Waals surface area contributed by atoms with E-state index >= 15 is 0 Å². The Hall–Kier alpha value is -1.89. The van der Waals surface area contributed by atoms with Gasteiger partial charge in [0.05, 0.1) is 6.61 Å². The molecule has 1 aliphatic carbocycles. The smallest absolute Gasteiger partial charge is 0.348 e. The SMILES string of the molecule is CCOC(=O)CCCNC(=O)COC(=O)c1cc2c(s1)CCCC2. The number of esters is 2. The molecule has 2 rings (SSSR count). The summed E-state index contributed by atoms with van der Waals surface area (Å²) in [5.41, 5.74) is 1.24. The Morgan fingerprint density at radius 2 is 2.00 bits per heavy atom. The maximum atomic E-state index is 12.0. The van der Waals surface area contributed by atoms with Crippen molar-refractivity contribution in [2.45, 2.75) is 45.4 Å². The van der Waals surface area contributed by atoms with Crippen LogP contribution in [0.2, 0.25) is 0 Å². The molecule has 1 amide bonds. The maximum absolute atomic E-state index is 12.0. The van der Waals surface area contributed by atoms with Crippen LogP contribution in [0.3, 0.4) is 0 Å². The first-order chi connectivity index (χ1) is 11.6. The third-order valence-corrected chi connectivity index (χ3v) is 4.93. The van der Waals surface area contributed by atoms with Crippen LogP contribution >= 0.6 is 11.3 Å². The number of nitrogens with one attached hydrogen (secondary N) is 1. The molecule has 132 valence electrons. The van der Waals surface area contributed by atoms with Crippen molar-refractivity contribution in [2.75, 3.05) is 19.8 Å². The zero-order valence-electron chi connectivity index (χ0n) is 13.9. The van der Waals surface area contributed by atoms with Gasteiger partial charge in [0, 0.05) is 17.8 Å². The van der Waals surface area contributed by atoms with Crippen LogP contribution in [-0.4, -0.2) is 37.6 Å². The zero-order valence-corrected chi connectivity index (χ0v) is 14.7. The minimum Gasteiger partial charge on any atom is -0.466 e. The van der Waals surface area contributed by atoms with Gasteiger partial charge >= 0.3 is 11.9 Å². The van der Waals surface area contributed by atoms with Gasteiger partial charge in [-0.3, -0.25) is 9.59 Å². The highest BCUT2D eigenvalue weighted by atomic mass is 32.1. The highest BCUT2D eigenvalue weighted by molar-refractivity contribution is 7.14. The molecule has 0 aromatic carbocycles. The molecule has 1 N–H and O–H groups in total. The van der Waals surface area contributed by atoms with Crippen LogP contribution < -0.4 is 5.32 Å². The molecule has 0 fully saturated rings. The van der Waals surface area contributed by atoms with Crippen LogP contribution in [0.5, 0.6) is 0 Å². The maximum Gasteiger partial charge on any atom is 0.348 e. The largest absolute Gasteiger partial charge is 0.466 e. The third kappa shape index (κ3) is 5.63. The first kappa shape index (κ1) is 18.4. The Balaban J connectivity index is 1.65. The topological polar surface area (TPSA) is 81.7 Å². The molecule has 6 nitrogen and oxygen atoms in total. The fourth-order valence-corrected chi connectivity index (χ4v) is 3.69. The van der Waals surface area contributed by atoms with E-state index in [4.69, 9.17) is 9.47 Å². The standard InChI is InChI=1S/C17H23NO5S/c1-2-22-16(20)8-5-9-18-15(19)11-23-17(21)14-10-12-6-3-4-7-13(12)24-14/h10H,2-9,11H2,1H3,(H,18,19). The van der Waals surface area contributed by atoms with Crippen LogP contribution in [0, 0.1) is 0 Å². The number of hydrogen-bond donors (Lipinski definition) is 1. The van der Waals surface area contributed by atoms with E-state index in [2.05, 4.69) is 5.32 Å². The van der Waals surface area contributed by atoms with Gasteiger partial charge in [-0.05, 0) is 50.7 Å². The lowest BCUT2D eigenvalue weighted by molar-refractivity contribution is -0.143. The van der Waals surface area contributed by atoms with Crippen molar-refractivity contribution >= 4 is 29.2 Å². The van der Waals surface area contributed by atoms with E-state index in [1.165, 1.54) is 21.8 Å². The second kappa shape index (κ2) is 9.42. The van der Waals surface area contributed by atoms with Crippen molar-refractivity contribution in [1.29, 1.82) is 0 Å². The van der Waals surface area contributed by atoms with Crippen LogP contribution in [0.4, 0.5) is 0 Å². The summed E-state index contributed by atoms with van der Waals surface area (Å²) in [4.78, 5) is 36.6. The number of ether oxygens (including phenoxy) is 2. The van der Waals surface area contributed by atoms with E-state index in [0.29, 0.717) is 24.4 Å². The first-order valence-electron chi connectivity index (χ1n) is 8.31. The highest BCUT2D eigenvalue weighted by Crippen LogP contribution is 2.29. The molecule has 1 aromatic heterocycles. The van der Waals surface area contributed by atoms with Crippen molar-refractivity contribution in [3.8, 4) is 0 Å². The van der Waals surface area contributed by atoms with Crippen molar-refractivity contribution in [3.63, 3.8) is 0 Å². The number of fused-ring (bicyclic) bond motifs is 1. The number of rotatable bonds is 8. The monoisotopic (exact) mass is 353 g/mol. The van der Waals surface area contributed by atoms with Crippen molar-refractivity contribution in [2.24, 2.45) is 0 Å². The molecule has 1 aromatic rings. The molecule has 0 spiro atoms. The summed E-state index contributed by atoms with van der Waals surface area (Å²) in [7, 11) is 0. The summed E-state index contributed by atoms with van der Waals surface area (Å²) in [5.74, 6) is -1.09. The molecule has 7 heteroatoms. The van der Waals surface area contributed by atoms with E-state index in [0.717, 1.165) is 25.7 Å². The minimum atomic E-state index is -0.448. The summed E-state index contributed by atoms with van der Waals surface area (Å²) < 4.78 is 9.84. The molecule has 0 unspecified atom stereocenters. The lowest BCUT2D eigenvalue weighted by Gasteiger charge is -2.08. The Bertz CT molecular complexity index is 572. The van der Waals surface area contributed by atoms with E-state index in [-0.39, 0.29) is 24.9 Å². The van der Waals surface area contributed by atoms with Crippen LogP contribution in [0.1, 0.15) is 52.7 Å². The highest BCUT2D eigenvalue weighted by Gasteiger charge is 2.18. The zero-order chi connectivity index (χ0) is 17.4. The molecule has 0 bridgehead atoms. The molecule has 0 atom stereocenters. The third-order valence-electron chi connectivity index (χ3n) is 3.72. The number of aryl methyl sites for hydroxylation is 2. The van der Waals surface area contributed by atoms with Gasteiger partial charge < -0.3 is 14.8 Å². The fourth-order valence-electron chi connectivity index (χ4n) is 2.54. The van der Waals surface area contributed by atoms with E-state index in [9.17, 15) is 14.4 Å². The van der Waals surface area contributed by atoms with E-state index in [1.54, 1.807) is 6.92 Å². The molecule has 1 aliphatic rings. The molecule has 0 aliphatic heterocycles. The quantitative estimate of drug-likeness (QED) is 0.572. The summed E-state index contributed by atoms with van der Waals surface area (Å²) in [5, 5.41) is 2.62. The predicted octanol–water partition coefficient (Wildman–Crippen LogP) is 2.24. The number of carbonyl (C=O) groups is 3. The Morgan fingerprint density at radius 3 is 2.75 bits per heavy atom. The normalized spacial score (nSPS) is 13.0. The lowest BCUT2D eigenvalue weighted by atomic mass is 9.99. The Kier molecular flexibility index (Phi) is 7.24. The number of thiophene rings is 1. The molecule has 0 radical (unpaired) electrons. The fraction of sp³-hybridized carbons (Fsp3) is 0.588. The van der Waals surface area contributed by atoms with Gasteiger partial charge in [0.1, 0.15) is 4.88 Å². The van der Waals surface area contributed by atoms with Gasteiger partial charge in [-0.15, -0.1) is 11.3 Å². The summed E-state index contributed by atoms with van der Waals surface area (Å²) in [6.07, 6.45) is 5.11. The lowest BCUT2D eigenvalue weighted by Crippen LogP contribution is -2.29. The number of hydrogen-bond acceptors (Lipinski definition) is 6. The first-order valence-corrected chi connectivity index (χ1v) is 9.12. The Labute approximate surface area is 145 Å². The van der Waals surface area contributed by atoms with Crippen molar-refractivity contribution in [1.82, 2.24) is 5.32 Å². The number of amides is 1. The molecule has 1 heterocycles. The average molecular weight is 353 g/mol. The molecular weight excluding hydrogens is 330 g/mol. The number of carbonyl (C=O) groups excluding carboxylic acids is 3. The van der Waals surface area contributed by atoms with Crippen LogP contribution in [0.15, 0.2) is 6.07 Å². The summed E-state index contributed by atoms with van der Waals surface area (Å²) >= 11 is 1.47. The van der Waals surface area contributed by atoms with Gasteiger partial charge in [0.25, 0.3) is 5.91 Å². The van der Waals surface area contributed by atoms with Crippen LogP contribution in [-0.2, 0) is 31.9 Å². The molecule has 0 saturated heterocycles. The van der Waals surface area contributed by atoms with Crippen molar-refractivity contribution in [3.05, 3.63) is 21.4 Å². The van der Waals surface area contributed by atoms with Gasteiger partial charge in [-0.25, -0.2) is 4.79 Å². The van der Waals surface area contributed by atoms with Gasteiger partial charge in [0.2, 0.25) is 0 Å². The van der Waals surface area contributed by atoms with Gasteiger partial charge in [0.15, 0.2) is 6.61 Å². The van der Waals surface area contributed by atoms with Gasteiger partial charge in [-0.1, -0.05) is 0 Å². The van der Waals surface area contributed by atoms with E-state index in [1.807, 2.05) is 6.07 Å². The van der Waals surface area contributed by atoms with Gasteiger partial charge in [-0.2, -0.15) is 0 Å². The Morgan fingerprint density at radius 1 is 1.21 bits per heavy atom. The van der Waals surface area contributed by atoms with Crippen molar-refractivity contribution < 1.29 is 23.9 Å². The second-order valence-electron chi connectivity index (χ2n) is 5.60. The minimum absolute atomic E-state index is 0.259. The van der Waals surface area contributed by atoms with E-state index < -0.39 is 5.97 Å². The molecule has 24 heavy (non-hydrogen) atoms. The summed E-state index contributed by atoms with van der Waals surface area (Å²) in [6.45, 7) is 2.15. The average Bonchev–Trinajstić information content (AvgIpc) is 3.01.